The molecule has 5 nitrogen and oxygen atoms in total. The van der Waals surface area contributed by atoms with Crippen LogP contribution in [0.15, 0.2) is 30.5 Å². The van der Waals surface area contributed by atoms with Crippen LogP contribution in [0.5, 0.6) is 17.2 Å². The van der Waals surface area contributed by atoms with Crippen LogP contribution in [-0.2, 0) is 13.1 Å². The molecule has 0 saturated heterocycles. The molecule has 0 fully saturated rings. The Morgan fingerprint density at radius 3 is 2.38 bits per heavy atom. The second kappa shape index (κ2) is 6.95. The van der Waals surface area contributed by atoms with Crippen molar-refractivity contribution in [1.29, 1.82) is 0 Å². The zero-order valence-electron chi connectivity index (χ0n) is 12.5. The van der Waals surface area contributed by atoms with Gasteiger partial charge in [0, 0.05) is 19.3 Å². The summed E-state index contributed by atoms with van der Waals surface area (Å²) in [6, 6.07) is 7.54. The summed E-state index contributed by atoms with van der Waals surface area (Å²) in [7, 11) is 3.03. The molecule has 0 aliphatic carbocycles. The molecule has 0 bridgehead atoms. The predicted octanol–water partition coefficient (Wildman–Crippen LogP) is 2.40. The van der Waals surface area contributed by atoms with Gasteiger partial charge in [-0.15, -0.1) is 0 Å². The molecule has 0 radical (unpaired) electrons. The number of nitrogens with zero attached hydrogens (tertiary/aromatic N) is 1. The average molecular weight is 288 g/mol. The lowest BCUT2D eigenvalue weighted by Crippen LogP contribution is -2.14. The molecule has 2 rings (SSSR count). The third-order valence-corrected chi connectivity index (χ3v) is 3.28. The summed E-state index contributed by atoms with van der Waals surface area (Å²) in [5.74, 6) is 0.824. The highest BCUT2D eigenvalue weighted by molar-refractivity contribution is 5.52. The number of rotatable bonds is 6. The van der Waals surface area contributed by atoms with Gasteiger partial charge in [-0.1, -0.05) is 6.07 Å². The van der Waals surface area contributed by atoms with Crippen molar-refractivity contribution in [3.05, 3.63) is 47.3 Å². The summed E-state index contributed by atoms with van der Waals surface area (Å²) in [4.78, 5) is 4.34. The number of pyridine rings is 1. The molecule has 1 heterocycles. The summed E-state index contributed by atoms with van der Waals surface area (Å²) in [6.45, 7) is 3.35. The van der Waals surface area contributed by atoms with Gasteiger partial charge in [-0.3, -0.25) is 4.98 Å². The molecule has 5 heteroatoms. The van der Waals surface area contributed by atoms with Gasteiger partial charge in [-0.2, -0.15) is 0 Å². The molecular formula is C16H20N2O3. The molecule has 0 saturated carbocycles. The zero-order chi connectivity index (χ0) is 15.2. The molecule has 112 valence electrons. The van der Waals surface area contributed by atoms with Gasteiger partial charge in [-0.05, 0) is 36.2 Å². The quantitative estimate of drug-likeness (QED) is 0.854. The van der Waals surface area contributed by atoms with Gasteiger partial charge in [0.1, 0.15) is 0 Å². The first-order chi connectivity index (χ1) is 10.2. The number of aromatic hydroxyl groups is 1. The Kier molecular flexibility index (Phi) is 5.00. The molecule has 0 aliphatic heterocycles. The number of phenolic OH excluding ortho intramolecular Hbond substituents is 1. The predicted molar refractivity (Wildman–Crippen MR) is 80.7 cm³/mol. The molecule has 0 unspecified atom stereocenters. The SMILES string of the molecule is COc1cc(CNCc2ncccc2C)cc(OC)c1O. The molecule has 0 spiro atoms. The number of ether oxygens (including phenoxy) is 2. The third kappa shape index (κ3) is 3.64. The number of benzene rings is 1. The lowest BCUT2D eigenvalue weighted by molar-refractivity contribution is 0.339. The Morgan fingerprint density at radius 2 is 1.81 bits per heavy atom. The van der Waals surface area contributed by atoms with Crippen LogP contribution in [-0.4, -0.2) is 24.3 Å². The van der Waals surface area contributed by atoms with Gasteiger partial charge >= 0.3 is 0 Å². The fourth-order valence-electron chi connectivity index (χ4n) is 2.08. The zero-order valence-corrected chi connectivity index (χ0v) is 12.5. The molecule has 0 atom stereocenters. The standard InChI is InChI=1S/C16H20N2O3/c1-11-5-4-6-18-13(11)10-17-9-12-7-14(20-2)16(19)15(8-12)21-3/h4-8,17,19H,9-10H2,1-3H3. The van der Waals surface area contributed by atoms with E-state index < -0.39 is 0 Å². The second-order valence-corrected chi connectivity index (χ2v) is 4.72. The first-order valence-electron chi connectivity index (χ1n) is 6.70. The van der Waals surface area contributed by atoms with Crippen LogP contribution in [0.2, 0.25) is 0 Å². The van der Waals surface area contributed by atoms with E-state index in [1.54, 1.807) is 18.3 Å². The Morgan fingerprint density at radius 1 is 1.14 bits per heavy atom. The Balaban J connectivity index is 2.05. The molecule has 2 N–H and O–H groups in total. The highest BCUT2D eigenvalue weighted by atomic mass is 16.5. The van der Waals surface area contributed by atoms with Crippen LogP contribution in [0.25, 0.3) is 0 Å². The smallest absolute Gasteiger partial charge is 0.200 e. The number of phenols is 1. The molecule has 0 amide bonds. The van der Waals surface area contributed by atoms with E-state index >= 15 is 0 Å². The van der Waals surface area contributed by atoms with Gasteiger partial charge in [0.2, 0.25) is 5.75 Å². The van der Waals surface area contributed by atoms with Crippen LogP contribution >= 0.6 is 0 Å². The lowest BCUT2D eigenvalue weighted by atomic mass is 10.1. The first-order valence-corrected chi connectivity index (χ1v) is 6.70. The molecule has 21 heavy (non-hydrogen) atoms. The van der Waals surface area contributed by atoms with Gasteiger partial charge < -0.3 is 19.9 Å². The largest absolute Gasteiger partial charge is 0.502 e. The van der Waals surface area contributed by atoms with Gasteiger partial charge in [-0.25, -0.2) is 0 Å². The number of hydrogen-bond donors (Lipinski definition) is 2. The van der Waals surface area contributed by atoms with E-state index in [1.165, 1.54) is 14.2 Å². The topological polar surface area (TPSA) is 63.6 Å². The van der Waals surface area contributed by atoms with E-state index in [1.807, 2.05) is 19.1 Å². The fourth-order valence-corrected chi connectivity index (χ4v) is 2.08. The molecule has 1 aromatic carbocycles. The minimum absolute atomic E-state index is 0.0179. The van der Waals surface area contributed by atoms with Crippen molar-refractivity contribution in [3.8, 4) is 17.2 Å². The van der Waals surface area contributed by atoms with Crippen molar-refractivity contribution in [2.24, 2.45) is 0 Å². The Bertz CT molecular complexity index is 589. The van der Waals surface area contributed by atoms with Crippen molar-refractivity contribution in [2.45, 2.75) is 20.0 Å². The maximum absolute atomic E-state index is 9.87. The van der Waals surface area contributed by atoms with Crippen molar-refractivity contribution >= 4 is 0 Å². The summed E-state index contributed by atoms with van der Waals surface area (Å²) >= 11 is 0. The number of methoxy groups -OCH3 is 2. The van der Waals surface area contributed by atoms with Crippen LogP contribution in [0.1, 0.15) is 16.8 Å². The summed E-state index contributed by atoms with van der Waals surface area (Å²) in [5.41, 5.74) is 3.15. The van der Waals surface area contributed by atoms with Crippen molar-refractivity contribution in [2.75, 3.05) is 14.2 Å². The second-order valence-electron chi connectivity index (χ2n) is 4.72. The molecule has 1 aromatic heterocycles. The highest BCUT2D eigenvalue weighted by Crippen LogP contribution is 2.36. The maximum atomic E-state index is 9.87. The van der Waals surface area contributed by atoms with Gasteiger partial charge in [0.15, 0.2) is 11.5 Å². The molecular weight excluding hydrogens is 268 g/mol. The molecule has 0 aliphatic rings. The van der Waals surface area contributed by atoms with Crippen molar-refractivity contribution < 1.29 is 14.6 Å². The van der Waals surface area contributed by atoms with Crippen LogP contribution < -0.4 is 14.8 Å². The van der Waals surface area contributed by atoms with Crippen LogP contribution in [0.3, 0.4) is 0 Å². The summed E-state index contributed by atoms with van der Waals surface area (Å²) < 4.78 is 10.3. The summed E-state index contributed by atoms with van der Waals surface area (Å²) in [6.07, 6.45) is 1.79. The number of nitrogens with one attached hydrogen (secondary N) is 1. The number of hydrogen-bond acceptors (Lipinski definition) is 5. The van der Waals surface area contributed by atoms with E-state index in [-0.39, 0.29) is 5.75 Å². The van der Waals surface area contributed by atoms with E-state index in [0.717, 1.165) is 16.8 Å². The number of aryl methyl sites for hydroxylation is 1. The number of aromatic nitrogens is 1. The molecule has 2 aromatic rings. The normalized spacial score (nSPS) is 10.4. The monoisotopic (exact) mass is 288 g/mol. The summed E-state index contributed by atoms with van der Waals surface area (Å²) in [5, 5.41) is 13.2. The van der Waals surface area contributed by atoms with E-state index in [0.29, 0.717) is 24.6 Å². The van der Waals surface area contributed by atoms with E-state index in [9.17, 15) is 5.11 Å². The van der Waals surface area contributed by atoms with Gasteiger partial charge in [0.05, 0.1) is 19.9 Å². The Labute approximate surface area is 124 Å². The lowest BCUT2D eigenvalue weighted by Gasteiger charge is -2.12. The van der Waals surface area contributed by atoms with Crippen LogP contribution in [0.4, 0.5) is 0 Å². The third-order valence-electron chi connectivity index (χ3n) is 3.28. The van der Waals surface area contributed by atoms with E-state index in [4.69, 9.17) is 9.47 Å². The minimum atomic E-state index is 0.0179. The highest BCUT2D eigenvalue weighted by Gasteiger charge is 2.11. The Hall–Kier alpha value is -2.27. The van der Waals surface area contributed by atoms with Gasteiger partial charge in [0.25, 0.3) is 0 Å². The fraction of sp³-hybridized carbons (Fsp3) is 0.312. The van der Waals surface area contributed by atoms with E-state index in [2.05, 4.69) is 10.3 Å². The van der Waals surface area contributed by atoms with Crippen molar-refractivity contribution in [3.63, 3.8) is 0 Å². The first kappa shape index (κ1) is 15.1. The average Bonchev–Trinajstić information content (AvgIpc) is 2.50. The minimum Gasteiger partial charge on any atom is -0.502 e. The van der Waals surface area contributed by atoms with Crippen molar-refractivity contribution in [1.82, 2.24) is 10.3 Å². The van der Waals surface area contributed by atoms with Crippen LogP contribution in [0, 0.1) is 6.92 Å². The maximum Gasteiger partial charge on any atom is 0.200 e.